The third-order valence-corrected chi connectivity index (χ3v) is 7.50. The van der Waals surface area contributed by atoms with Crippen LogP contribution in [0.5, 0.6) is 0 Å². The average molecular weight is 572 g/mol. The van der Waals surface area contributed by atoms with Crippen molar-refractivity contribution in [1.29, 1.82) is 0 Å². The van der Waals surface area contributed by atoms with E-state index in [4.69, 9.17) is 0 Å². The molecule has 0 spiro atoms. The summed E-state index contributed by atoms with van der Waals surface area (Å²) in [4.78, 5) is 51.3. The summed E-state index contributed by atoms with van der Waals surface area (Å²) in [7, 11) is 0. The highest BCUT2D eigenvalue weighted by molar-refractivity contribution is 9.10. The second-order valence-corrected chi connectivity index (χ2v) is 10.3. The Hall–Kier alpha value is -3.61. The highest BCUT2D eigenvalue weighted by atomic mass is 79.9. The van der Waals surface area contributed by atoms with E-state index in [0.29, 0.717) is 21.1 Å². The van der Waals surface area contributed by atoms with Gasteiger partial charge in [-0.1, -0.05) is 39.8 Å². The minimum Gasteiger partial charge on any atom is -0.478 e. The van der Waals surface area contributed by atoms with Crippen LogP contribution in [0.3, 0.4) is 0 Å². The molecule has 0 aliphatic rings. The van der Waals surface area contributed by atoms with Crippen LogP contribution in [0.2, 0.25) is 0 Å². The molecule has 1 aromatic heterocycles. The minimum absolute atomic E-state index is 0.0213. The Morgan fingerprint density at radius 3 is 2.49 bits per heavy atom. The Balaban J connectivity index is 1.48. The number of thiazole rings is 1. The first-order valence-electron chi connectivity index (χ1n) is 9.86. The number of aromatic carboxylic acids is 1. The first-order valence-corrected chi connectivity index (χ1v) is 12.5. The molecule has 3 aromatic carbocycles. The van der Waals surface area contributed by atoms with Gasteiger partial charge in [0.2, 0.25) is 0 Å². The Bertz CT molecular complexity index is 1490. The van der Waals surface area contributed by atoms with Gasteiger partial charge in [0.15, 0.2) is 10.1 Å². The predicted molar refractivity (Wildman–Crippen MR) is 137 cm³/mol. The molecule has 0 atom stereocenters. The Morgan fingerprint density at radius 2 is 1.80 bits per heavy atom. The number of nitro benzene ring substituents is 1. The molecular weight excluding hydrogens is 558 g/mol. The van der Waals surface area contributed by atoms with Gasteiger partial charge in [0.1, 0.15) is 0 Å². The number of ketones is 1. The largest absolute Gasteiger partial charge is 0.478 e. The molecule has 1 amide bonds. The van der Waals surface area contributed by atoms with Crippen molar-refractivity contribution in [1.82, 2.24) is 4.98 Å². The van der Waals surface area contributed by atoms with Gasteiger partial charge in [0.25, 0.3) is 11.6 Å². The number of nitrogens with zero attached hydrogens (tertiary/aromatic N) is 2. The topological polar surface area (TPSA) is 140 Å². The van der Waals surface area contributed by atoms with Crippen molar-refractivity contribution >= 4 is 78.3 Å². The molecule has 0 radical (unpaired) electrons. The number of nitro groups is 1. The fourth-order valence-electron chi connectivity index (χ4n) is 3.11. The smallest absolute Gasteiger partial charge is 0.336 e. The van der Waals surface area contributed by atoms with Gasteiger partial charge in [-0.2, -0.15) is 0 Å². The highest BCUT2D eigenvalue weighted by Gasteiger charge is 2.21. The maximum absolute atomic E-state index is 12.7. The van der Waals surface area contributed by atoms with Crippen LogP contribution in [0, 0.1) is 10.1 Å². The number of halogens is 1. The standard InChI is InChI=1S/C23H14BrN3O6S2/c24-13-3-1-12(2-4-13)19(28)11-34-23-26-18-8-5-14(9-20(18)35-23)25-21(29)16-7-6-15(27(32)33)10-17(16)22(30)31/h1-10H,11H2,(H,25,29)(H,30,31). The number of carboxylic acids is 1. The number of hydrogen-bond donors (Lipinski definition) is 2. The van der Waals surface area contributed by atoms with Crippen molar-refractivity contribution in [3.05, 3.63) is 91.9 Å². The summed E-state index contributed by atoms with van der Waals surface area (Å²) in [5.41, 5.74) is 0.615. The van der Waals surface area contributed by atoms with Crippen molar-refractivity contribution in [2.75, 3.05) is 11.1 Å². The first-order chi connectivity index (χ1) is 16.7. The monoisotopic (exact) mass is 571 g/mol. The number of Topliss-reactive ketones (excluding diaryl/α,β-unsaturated/α-hetero) is 1. The number of rotatable bonds is 8. The SMILES string of the molecule is O=C(CSc1nc2ccc(NC(=O)c3ccc([N+](=O)[O-])cc3C(=O)O)cc2s1)c1ccc(Br)cc1. The molecule has 35 heavy (non-hydrogen) atoms. The number of anilines is 1. The molecule has 0 aliphatic heterocycles. The fourth-order valence-corrected chi connectivity index (χ4v) is 5.38. The van der Waals surface area contributed by atoms with E-state index in [2.05, 4.69) is 26.2 Å². The van der Waals surface area contributed by atoms with Crippen molar-refractivity contribution < 1.29 is 24.4 Å². The third-order valence-electron chi connectivity index (χ3n) is 4.81. The maximum atomic E-state index is 12.7. The molecule has 0 saturated carbocycles. The van der Waals surface area contributed by atoms with Gasteiger partial charge in [0, 0.05) is 27.9 Å². The number of amides is 1. The summed E-state index contributed by atoms with van der Waals surface area (Å²) in [5.74, 6) is -1.96. The number of carboxylic acid groups (broad SMARTS) is 1. The molecule has 4 aromatic rings. The van der Waals surface area contributed by atoms with Gasteiger partial charge in [-0.3, -0.25) is 19.7 Å². The molecule has 4 rings (SSSR count). The lowest BCUT2D eigenvalue weighted by Gasteiger charge is -2.08. The minimum atomic E-state index is -1.45. The molecule has 2 N–H and O–H groups in total. The number of carbonyl (C=O) groups excluding carboxylic acids is 2. The molecular formula is C23H14BrN3O6S2. The summed E-state index contributed by atoms with van der Waals surface area (Å²) in [6.07, 6.45) is 0. The second-order valence-electron chi connectivity index (χ2n) is 7.13. The Labute approximate surface area is 214 Å². The lowest BCUT2D eigenvalue weighted by molar-refractivity contribution is -0.384. The van der Waals surface area contributed by atoms with E-state index in [1.165, 1.54) is 23.1 Å². The molecule has 0 aliphatic carbocycles. The van der Waals surface area contributed by atoms with Gasteiger partial charge < -0.3 is 10.4 Å². The molecule has 176 valence electrons. The van der Waals surface area contributed by atoms with Crippen molar-refractivity contribution in [3.63, 3.8) is 0 Å². The Morgan fingerprint density at radius 1 is 1.06 bits per heavy atom. The zero-order valence-corrected chi connectivity index (χ0v) is 20.8. The molecule has 12 heteroatoms. The maximum Gasteiger partial charge on any atom is 0.336 e. The molecule has 0 bridgehead atoms. The van der Waals surface area contributed by atoms with E-state index in [0.717, 1.165) is 27.4 Å². The van der Waals surface area contributed by atoms with E-state index < -0.39 is 28.1 Å². The van der Waals surface area contributed by atoms with Gasteiger partial charge in [-0.05, 0) is 36.4 Å². The normalized spacial score (nSPS) is 10.8. The van der Waals surface area contributed by atoms with Gasteiger partial charge in [0.05, 0.1) is 32.0 Å². The van der Waals surface area contributed by atoms with E-state index in [9.17, 15) is 29.6 Å². The zero-order valence-electron chi connectivity index (χ0n) is 17.6. The number of hydrogen-bond acceptors (Lipinski definition) is 8. The lowest BCUT2D eigenvalue weighted by Crippen LogP contribution is -2.16. The van der Waals surface area contributed by atoms with Crippen LogP contribution in [0.4, 0.5) is 11.4 Å². The van der Waals surface area contributed by atoms with Crippen molar-refractivity contribution in [2.45, 2.75) is 4.34 Å². The van der Waals surface area contributed by atoms with Crippen LogP contribution < -0.4 is 5.32 Å². The molecule has 0 unspecified atom stereocenters. The fraction of sp³-hybridized carbons (Fsp3) is 0.0435. The number of nitrogens with one attached hydrogen (secondary N) is 1. The van der Waals surface area contributed by atoms with Crippen LogP contribution >= 0.6 is 39.0 Å². The summed E-state index contributed by atoms with van der Waals surface area (Å²) in [5, 5.41) is 22.9. The van der Waals surface area contributed by atoms with Crippen molar-refractivity contribution in [2.24, 2.45) is 0 Å². The van der Waals surface area contributed by atoms with Crippen molar-refractivity contribution in [3.8, 4) is 0 Å². The lowest BCUT2D eigenvalue weighted by atomic mass is 10.1. The molecule has 0 saturated heterocycles. The third kappa shape index (κ3) is 5.73. The molecule has 1 heterocycles. The number of carbonyl (C=O) groups is 3. The van der Waals surface area contributed by atoms with Gasteiger partial charge in [-0.25, -0.2) is 9.78 Å². The predicted octanol–water partition coefficient (Wildman–Crippen LogP) is 5.89. The summed E-state index contributed by atoms with van der Waals surface area (Å²) in [6, 6.07) is 15.2. The van der Waals surface area contributed by atoms with Crippen LogP contribution in [0.15, 0.2) is 69.5 Å². The number of non-ortho nitro benzene ring substituents is 1. The number of thioether (sulfide) groups is 1. The van der Waals surface area contributed by atoms with Gasteiger partial charge >= 0.3 is 5.97 Å². The quantitative estimate of drug-likeness (QED) is 0.115. The van der Waals surface area contributed by atoms with Crippen LogP contribution in [-0.2, 0) is 0 Å². The Kier molecular flexibility index (Phi) is 7.24. The van der Waals surface area contributed by atoms with Crippen LogP contribution in [0.25, 0.3) is 10.2 Å². The number of benzene rings is 3. The van der Waals surface area contributed by atoms with E-state index in [1.54, 1.807) is 30.3 Å². The summed E-state index contributed by atoms with van der Waals surface area (Å²) >= 11 is 6.02. The van der Waals surface area contributed by atoms with E-state index in [-0.39, 0.29) is 17.1 Å². The number of aromatic nitrogens is 1. The highest BCUT2D eigenvalue weighted by Crippen LogP contribution is 2.32. The van der Waals surface area contributed by atoms with E-state index in [1.807, 2.05) is 12.1 Å². The molecule has 9 nitrogen and oxygen atoms in total. The number of fused-ring (bicyclic) bond motifs is 1. The second kappa shape index (κ2) is 10.3. The van der Waals surface area contributed by atoms with Gasteiger partial charge in [-0.15, -0.1) is 11.3 Å². The molecule has 0 fully saturated rings. The summed E-state index contributed by atoms with van der Waals surface area (Å²) in [6.45, 7) is 0. The van der Waals surface area contributed by atoms with Crippen LogP contribution in [0.1, 0.15) is 31.1 Å². The zero-order chi connectivity index (χ0) is 25.1. The van der Waals surface area contributed by atoms with E-state index >= 15 is 0 Å². The average Bonchev–Trinajstić information content (AvgIpc) is 3.24. The summed E-state index contributed by atoms with van der Waals surface area (Å²) < 4.78 is 2.35. The van der Waals surface area contributed by atoms with Crippen LogP contribution in [-0.4, -0.2) is 38.4 Å². The first kappa shape index (κ1) is 24.5.